The largest absolute Gasteiger partial charge is 0.480 e. The Hall–Kier alpha value is -2.44. The van der Waals surface area contributed by atoms with E-state index < -0.39 is 12.0 Å². The van der Waals surface area contributed by atoms with E-state index in [4.69, 9.17) is 5.11 Å². The van der Waals surface area contributed by atoms with E-state index in [1.54, 1.807) is 23.9 Å². The van der Waals surface area contributed by atoms with Crippen molar-refractivity contribution >= 4 is 22.9 Å². The first-order valence-electron chi connectivity index (χ1n) is 6.70. The number of nitrogens with zero attached hydrogens (tertiary/aromatic N) is 4. The van der Waals surface area contributed by atoms with Crippen LogP contribution in [0, 0.1) is 6.92 Å². The monoisotopic (exact) mass is 290 g/mol. The maximum atomic E-state index is 12.4. The van der Waals surface area contributed by atoms with Gasteiger partial charge in [-0.2, -0.15) is 5.10 Å². The first-order chi connectivity index (χ1) is 9.86. The standard InChI is InChI=1S/C14H18N4O3/c1-5-18-12-10(7-15-18)6-11(8(2)16-12)13(19)17(4)9(3)14(20)21/h6-7,9H,5H2,1-4H3,(H,20,21). The van der Waals surface area contributed by atoms with Crippen LogP contribution in [-0.2, 0) is 11.3 Å². The first kappa shape index (κ1) is 15.0. The van der Waals surface area contributed by atoms with Crippen LogP contribution in [0.2, 0.25) is 0 Å². The van der Waals surface area contributed by atoms with Crippen LogP contribution in [0.5, 0.6) is 0 Å². The predicted molar refractivity (Wildman–Crippen MR) is 77.1 cm³/mol. The Kier molecular flexibility index (Phi) is 3.93. The summed E-state index contributed by atoms with van der Waals surface area (Å²) in [4.78, 5) is 29.0. The number of carbonyl (C=O) groups excluding carboxylic acids is 1. The Labute approximate surface area is 122 Å². The second-order valence-corrected chi connectivity index (χ2v) is 4.92. The van der Waals surface area contributed by atoms with Crippen LogP contribution in [0.3, 0.4) is 0 Å². The Bertz CT molecular complexity index is 708. The number of pyridine rings is 1. The smallest absolute Gasteiger partial charge is 0.326 e. The van der Waals surface area contributed by atoms with Gasteiger partial charge < -0.3 is 10.0 Å². The number of likely N-dealkylation sites (N-methyl/N-ethyl adjacent to an activating group) is 1. The lowest BCUT2D eigenvalue weighted by molar-refractivity contribution is -0.141. The number of hydrogen-bond donors (Lipinski definition) is 1. The number of hydrogen-bond acceptors (Lipinski definition) is 4. The number of aliphatic carboxylic acids is 1. The summed E-state index contributed by atoms with van der Waals surface area (Å²) < 4.78 is 1.75. The molecule has 0 bridgehead atoms. The summed E-state index contributed by atoms with van der Waals surface area (Å²) in [5, 5.41) is 14.0. The van der Waals surface area contributed by atoms with Gasteiger partial charge in [-0.3, -0.25) is 4.79 Å². The van der Waals surface area contributed by atoms with Gasteiger partial charge in [0.2, 0.25) is 0 Å². The molecule has 0 aromatic carbocycles. The van der Waals surface area contributed by atoms with E-state index in [-0.39, 0.29) is 5.91 Å². The van der Waals surface area contributed by atoms with Crippen molar-refractivity contribution in [2.45, 2.75) is 33.4 Å². The van der Waals surface area contributed by atoms with Crippen molar-refractivity contribution < 1.29 is 14.7 Å². The van der Waals surface area contributed by atoms with Gasteiger partial charge in [0.25, 0.3) is 5.91 Å². The minimum Gasteiger partial charge on any atom is -0.480 e. The van der Waals surface area contributed by atoms with Crippen molar-refractivity contribution in [3.8, 4) is 0 Å². The van der Waals surface area contributed by atoms with Gasteiger partial charge in [0.1, 0.15) is 6.04 Å². The average Bonchev–Trinajstić information content (AvgIpc) is 2.85. The molecule has 0 saturated carbocycles. The maximum Gasteiger partial charge on any atom is 0.326 e. The van der Waals surface area contributed by atoms with E-state index in [1.807, 2.05) is 6.92 Å². The topological polar surface area (TPSA) is 88.3 Å². The lowest BCUT2D eigenvalue weighted by atomic mass is 10.1. The molecule has 0 saturated heterocycles. The summed E-state index contributed by atoms with van der Waals surface area (Å²) in [6, 6.07) is 0.815. The fraction of sp³-hybridized carbons (Fsp3) is 0.429. The summed E-state index contributed by atoms with van der Waals surface area (Å²) in [6.07, 6.45) is 1.66. The molecule has 0 fully saturated rings. The molecule has 7 nitrogen and oxygen atoms in total. The van der Waals surface area contributed by atoms with Gasteiger partial charge in [-0.05, 0) is 26.8 Å². The van der Waals surface area contributed by atoms with E-state index >= 15 is 0 Å². The van der Waals surface area contributed by atoms with E-state index in [1.165, 1.54) is 18.9 Å². The molecule has 0 aliphatic heterocycles. The van der Waals surface area contributed by atoms with Crippen molar-refractivity contribution in [3.63, 3.8) is 0 Å². The van der Waals surface area contributed by atoms with Gasteiger partial charge in [-0.25, -0.2) is 14.5 Å². The molecule has 1 atom stereocenters. The first-order valence-corrected chi connectivity index (χ1v) is 6.70. The summed E-state index contributed by atoms with van der Waals surface area (Å²) in [5.74, 6) is -1.41. The number of aryl methyl sites for hydroxylation is 2. The minimum atomic E-state index is -1.05. The zero-order valence-corrected chi connectivity index (χ0v) is 12.5. The molecule has 2 rings (SSSR count). The fourth-order valence-electron chi connectivity index (χ4n) is 2.08. The lowest BCUT2D eigenvalue weighted by Gasteiger charge is -2.22. The minimum absolute atomic E-state index is 0.360. The maximum absolute atomic E-state index is 12.4. The van der Waals surface area contributed by atoms with Crippen LogP contribution in [0.1, 0.15) is 29.9 Å². The van der Waals surface area contributed by atoms with E-state index in [0.29, 0.717) is 17.8 Å². The number of carboxylic acid groups (broad SMARTS) is 1. The van der Waals surface area contributed by atoms with Crippen LogP contribution < -0.4 is 0 Å². The van der Waals surface area contributed by atoms with Crippen LogP contribution in [-0.4, -0.2) is 49.7 Å². The molecule has 1 N–H and O–H groups in total. The number of carboxylic acids is 1. The van der Waals surface area contributed by atoms with Crippen molar-refractivity contribution in [1.82, 2.24) is 19.7 Å². The van der Waals surface area contributed by atoms with E-state index in [0.717, 1.165) is 11.0 Å². The number of rotatable bonds is 4. The van der Waals surface area contributed by atoms with E-state index in [9.17, 15) is 9.59 Å². The SMILES string of the molecule is CCn1ncc2cc(C(=O)N(C)C(C)C(=O)O)c(C)nc21. The van der Waals surface area contributed by atoms with Gasteiger partial charge >= 0.3 is 5.97 Å². The molecular formula is C14H18N4O3. The highest BCUT2D eigenvalue weighted by Gasteiger charge is 2.24. The third kappa shape index (κ3) is 2.58. The zero-order valence-electron chi connectivity index (χ0n) is 12.5. The molecule has 0 aliphatic rings. The van der Waals surface area contributed by atoms with Crippen molar-refractivity contribution in [2.24, 2.45) is 0 Å². The van der Waals surface area contributed by atoms with Gasteiger partial charge in [0.15, 0.2) is 5.65 Å². The highest BCUT2D eigenvalue weighted by Crippen LogP contribution is 2.18. The third-order valence-electron chi connectivity index (χ3n) is 3.59. The number of carbonyl (C=O) groups is 2. The van der Waals surface area contributed by atoms with Gasteiger partial charge in [0, 0.05) is 19.0 Å². The number of aromatic nitrogens is 3. The predicted octanol–water partition coefficient (Wildman–Crippen LogP) is 1.30. The molecule has 21 heavy (non-hydrogen) atoms. The average molecular weight is 290 g/mol. The highest BCUT2D eigenvalue weighted by molar-refractivity contribution is 5.99. The van der Waals surface area contributed by atoms with Crippen LogP contribution in [0.4, 0.5) is 0 Å². The molecule has 0 radical (unpaired) electrons. The molecule has 2 aromatic heterocycles. The quantitative estimate of drug-likeness (QED) is 0.917. The van der Waals surface area contributed by atoms with E-state index in [2.05, 4.69) is 10.1 Å². The molecule has 1 amide bonds. The van der Waals surface area contributed by atoms with Crippen LogP contribution >= 0.6 is 0 Å². The molecular weight excluding hydrogens is 272 g/mol. The molecule has 0 aliphatic carbocycles. The third-order valence-corrected chi connectivity index (χ3v) is 3.59. The second-order valence-electron chi connectivity index (χ2n) is 4.92. The normalized spacial score (nSPS) is 12.4. The Balaban J connectivity index is 2.44. The molecule has 2 aromatic rings. The number of amides is 1. The van der Waals surface area contributed by atoms with Crippen LogP contribution in [0.15, 0.2) is 12.3 Å². The molecule has 1 unspecified atom stereocenters. The molecule has 112 valence electrons. The Morgan fingerprint density at radius 1 is 1.48 bits per heavy atom. The number of fused-ring (bicyclic) bond motifs is 1. The van der Waals surface area contributed by atoms with Crippen molar-refractivity contribution in [1.29, 1.82) is 0 Å². The van der Waals surface area contributed by atoms with Crippen molar-refractivity contribution in [2.75, 3.05) is 7.05 Å². The van der Waals surface area contributed by atoms with Crippen molar-refractivity contribution in [3.05, 3.63) is 23.5 Å². The summed E-state index contributed by atoms with van der Waals surface area (Å²) in [6.45, 7) is 5.86. The summed E-state index contributed by atoms with van der Waals surface area (Å²) in [5.41, 5.74) is 1.68. The second kappa shape index (κ2) is 5.51. The fourth-order valence-corrected chi connectivity index (χ4v) is 2.08. The summed E-state index contributed by atoms with van der Waals surface area (Å²) in [7, 11) is 1.47. The zero-order chi connectivity index (χ0) is 15.7. The van der Waals surface area contributed by atoms with Gasteiger partial charge in [-0.15, -0.1) is 0 Å². The summed E-state index contributed by atoms with van der Waals surface area (Å²) >= 11 is 0. The molecule has 7 heteroatoms. The van der Waals surface area contributed by atoms with Crippen LogP contribution in [0.25, 0.3) is 11.0 Å². The molecule has 2 heterocycles. The van der Waals surface area contributed by atoms with Gasteiger partial charge in [0.05, 0.1) is 17.5 Å². The Morgan fingerprint density at radius 2 is 2.14 bits per heavy atom. The lowest BCUT2D eigenvalue weighted by Crippen LogP contribution is -2.40. The molecule has 0 spiro atoms. The highest BCUT2D eigenvalue weighted by atomic mass is 16.4. The Morgan fingerprint density at radius 3 is 2.71 bits per heavy atom. The van der Waals surface area contributed by atoms with Gasteiger partial charge in [-0.1, -0.05) is 0 Å².